The van der Waals surface area contributed by atoms with E-state index in [1.54, 1.807) is 29.8 Å². The number of methoxy groups -OCH3 is 1. The van der Waals surface area contributed by atoms with Crippen molar-refractivity contribution in [3.05, 3.63) is 41.6 Å². The van der Waals surface area contributed by atoms with Crippen LogP contribution < -0.4 is 10.6 Å². The molecule has 1 amide bonds. The monoisotopic (exact) mass is 414 g/mol. The SMILES string of the molecule is CCSc1nc(NCCOC)c2cnn(CCNC(=O)c3ccccc3C)c2n1. The van der Waals surface area contributed by atoms with Gasteiger partial charge in [-0.15, -0.1) is 0 Å². The number of thioether (sulfide) groups is 1. The van der Waals surface area contributed by atoms with E-state index in [1.807, 2.05) is 31.2 Å². The fourth-order valence-electron chi connectivity index (χ4n) is 2.90. The number of benzene rings is 1. The Morgan fingerprint density at radius 3 is 2.83 bits per heavy atom. The third-order valence-electron chi connectivity index (χ3n) is 4.35. The van der Waals surface area contributed by atoms with Gasteiger partial charge in [0, 0.05) is 25.8 Å². The van der Waals surface area contributed by atoms with E-state index in [0.29, 0.717) is 37.0 Å². The highest BCUT2D eigenvalue weighted by molar-refractivity contribution is 7.99. The maximum atomic E-state index is 12.4. The molecule has 0 fully saturated rings. The molecule has 29 heavy (non-hydrogen) atoms. The van der Waals surface area contributed by atoms with E-state index in [0.717, 1.165) is 28.2 Å². The molecule has 3 rings (SSSR count). The number of aromatic nitrogens is 4. The fourth-order valence-corrected chi connectivity index (χ4v) is 3.46. The molecule has 8 nitrogen and oxygen atoms in total. The number of aryl methyl sites for hydroxylation is 1. The summed E-state index contributed by atoms with van der Waals surface area (Å²) in [5, 5.41) is 12.3. The van der Waals surface area contributed by atoms with Gasteiger partial charge >= 0.3 is 0 Å². The summed E-state index contributed by atoms with van der Waals surface area (Å²) in [5.74, 6) is 1.54. The summed E-state index contributed by atoms with van der Waals surface area (Å²) in [4.78, 5) is 21.7. The molecule has 1 aromatic carbocycles. The highest BCUT2D eigenvalue weighted by Crippen LogP contribution is 2.24. The van der Waals surface area contributed by atoms with E-state index in [4.69, 9.17) is 4.74 Å². The normalized spacial score (nSPS) is 11.0. The predicted molar refractivity (Wildman–Crippen MR) is 116 cm³/mol. The second-order valence-electron chi connectivity index (χ2n) is 6.38. The summed E-state index contributed by atoms with van der Waals surface area (Å²) < 4.78 is 6.91. The standard InChI is InChI=1S/C20H26N6O2S/c1-4-29-20-24-17(21-10-12-28-3)16-13-23-26(18(16)25-20)11-9-22-19(27)15-8-6-5-7-14(15)2/h5-8,13H,4,9-12H2,1-3H3,(H,22,27)(H,21,24,25). The maximum Gasteiger partial charge on any atom is 0.251 e. The first-order chi connectivity index (χ1) is 14.1. The summed E-state index contributed by atoms with van der Waals surface area (Å²) in [7, 11) is 1.67. The van der Waals surface area contributed by atoms with E-state index >= 15 is 0 Å². The van der Waals surface area contributed by atoms with Crippen molar-refractivity contribution in [2.45, 2.75) is 25.5 Å². The summed E-state index contributed by atoms with van der Waals surface area (Å²) in [5.41, 5.74) is 2.39. The Balaban J connectivity index is 1.73. The Morgan fingerprint density at radius 1 is 1.24 bits per heavy atom. The van der Waals surface area contributed by atoms with Crippen LogP contribution in [0.25, 0.3) is 11.0 Å². The van der Waals surface area contributed by atoms with Crippen molar-refractivity contribution < 1.29 is 9.53 Å². The molecule has 0 radical (unpaired) electrons. The number of rotatable bonds is 10. The van der Waals surface area contributed by atoms with Crippen LogP contribution >= 0.6 is 11.8 Å². The summed E-state index contributed by atoms with van der Waals surface area (Å²) in [6.07, 6.45) is 1.76. The van der Waals surface area contributed by atoms with Gasteiger partial charge in [0.15, 0.2) is 10.8 Å². The average Bonchev–Trinajstić information content (AvgIpc) is 3.12. The molecule has 0 aliphatic carbocycles. The third-order valence-corrected chi connectivity index (χ3v) is 5.08. The minimum Gasteiger partial charge on any atom is -0.383 e. The van der Waals surface area contributed by atoms with Crippen molar-refractivity contribution in [2.75, 3.05) is 37.9 Å². The van der Waals surface area contributed by atoms with Gasteiger partial charge < -0.3 is 15.4 Å². The summed E-state index contributed by atoms with van der Waals surface area (Å²) in [6, 6.07) is 7.54. The number of ether oxygens (including phenoxy) is 1. The quantitative estimate of drug-likeness (QED) is 0.299. The zero-order valence-corrected chi connectivity index (χ0v) is 17.8. The van der Waals surface area contributed by atoms with Gasteiger partial charge in [-0.3, -0.25) is 4.79 Å². The van der Waals surface area contributed by atoms with E-state index in [2.05, 4.69) is 32.6 Å². The highest BCUT2D eigenvalue weighted by Gasteiger charge is 2.14. The molecule has 0 unspecified atom stereocenters. The molecule has 2 heterocycles. The molecule has 9 heteroatoms. The first-order valence-electron chi connectivity index (χ1n) is 9.57. The number of hydrogen-bond donors (Lipinski definition) is 2. The largest absolute Gasteiger partial charge is 0.383 e. The topological polar surface area (TPSA) is 94.0 Å². The van der Waals surface area contributed by atoms with Crippen molar-refractivity contribution in [3.8, 4) is 0 Å². The number of carbonyl (C=O) groups excluding carboxylic acids is 1. The van der Waals surface area contributed by atoms with E-state index < -0.39 is 0 Å². The number of fused-ring (bicyclic) bond motifs is 1. The molecule has 2 N–H and O–H groups in total. The second-order valence-corrected chi connectivity index (χ2v) is 7.61. The van der Waals surface area contributed by atoms with Gasteiger partial charge in [-0.2, -0.15) is 5.10 Å². The molecule has 154 valence electrons. The van der Waals surface area contributed by atoms with Crippen molar-refractivity contribution in [2.24, 2.45) is 0 Å². The minimum atomic E-state index is -0.0849. The number of amides is 1. The molecule has 0 aliphatic heterocycles. The zero-order chi connectivity index (χ0) is 20.6. The number of carbonyl (C=O) groups is 1. The fraction of sp³-hybridized carbons (Fsp3) is 0.400. The molecule has 0 saturated carbocycles. The lowest BCUT2D eigenvalue weighted by atomic mass is 10.1. The van der Waals surface area contributed by atoms with Crippen LogP contribution in [0.15, 0.2) is 35.6 Å². The van der Waals surface area contributed by atoms with E-state index in [9.17, 15) is 4.79 Å². The van der Waals surface area contributed by atoms with Crippen LogP contribution in [0.4, 0.5) is 5.82 Å². The average molecular weight is 415 g/mol. The van der Waals surface area contributed by atoms with Gasteiger partial charge in [-0.05, 0) is 24.3 Å². The number of nitrogens with zero attached hydrogens (tertiary/aromatic N) is 4. The third kappa shape index (κ3) is 5.24. The molecular formula is C20H26N6O2S. The summed E-state index contributed by atoms with van der Waals surface area (Å²) in [6.45, 7) is 6.20. The van der Waals surface area contributed by atoms with Crippen LogP contribution in [0.3, 0.4) is 0 Å². The maximum absolute atomic E-state index is 12.4. The molecule has 3 aromatic rings. The van der Waals surface area contributed by atoms with Gasteiger partial charge in [0.25, 0.3) is 5.91 Å². The van der Waals surface area contributed by atoms with Gasteiger partial charge in [0.1, 0.15) is 5.82 Å². The highest BCUT2D eigenvalue weighted by atomic mass is 32.2. The van der Waals surface area contributed by atoms with Crippen LogP contribution in [-0.2, 0) is 11.3 Å². The van der Waals surface area contributed by atoms with Gasteiger partial charge in [-0.25, -0.2) is 14.6 Å². The Hall–Kier alpha value is -2.65. The van der Waals surface area contributed by atoms with Crippen molar-refractivity contribution in [1.82, 2.24) is 25.1 Å². The number of hydrogen-bond acceptors (Lipinski definition) is 7. The van der Waals surface area contributed by atoms with Crippen LogP contribution in [0.2, 0.25) is 0 Å². The molecular weight excluding hydrogens is 388 g/mol. The van der Waals surface area contributed by atoms with Crippen molar-refractivity contribution >= 4 is 34.5 Å². The Morgan fingerprint density at radius 2 is 2.07 bits per heavy atom. The van der Waals surface area contributed by atoms with Crippen LogP contribution in [-0.4, -0.2) is 58.2 Å². The van der Waals surface area contributed by atoms with E-state index in [1.165, 1.54) is 0 Å². The van der Waals surface area contributed by atoms with Gasteiger partial charge in [-0.1, -0.05) is 36.9 Å². The Kier molecular flexibility index (Phi) is 7.42. The number of anilines is 1. The Bertz CT molecular complexity index is 975. The lowest BCUT2D eigenvalue weighted by Crippen LogP contribution is -2.28. The molecule has 0 aliphatic rings. The van der Waals surface area contributed by atoms with Gasteiger partial charge in [0.05, 0.1) is 24.7 Å². The molecule has 0 spiro atoms. The smallest absolute Gasteiger partial charge is 0.251 e. The first-order valence-corrected chi connectivity index (χ1v) is 10.6. The predicted octanol–water partition coefficient (Wildman–Crippen LogP) is 2.74. The molecule has 0 bridgehead atoms. The van der Waals surface area contributed by atoms with Gasteiger partial charge in [0.2, 0.25) is 0 Å². The van der Waals surface area contributed by atoms with Crippen LogP contribution in [0.5, 0.6) is 0 Å². The first kappa shape index (κ1) is 21.1. The van der Waals surface area contributed by atoms with Crippen molar-refractivity contribution in [3.63, 3.8) is 0 Å². The van der Waals surface area contributed by atoms with Crippen LogP contribution in [0.1, 0.15) is 22.8 Å². The number of nitrogens with one attached hydrogen (secondary N) is 2. The second kappa shape index (κ2) is 10.2. The molecule has 0 atom stereocenters. The molecule has 0 saturated heterocycles. The zero-order valence-electron chi connectivity index (χ0n) is 16.9. The van der Waals surface area contributed by atoms with E-state index in [-0.39, 0.29) is 5.91 Å². The molecule has 2 aromatic heterocycles. The minimum absolute atomic E-state index is 0.0849. The lowest BCUT2D eigenvalue weighted by Gasteiger charge is -2.10. The lowest BCUT2D eigenvalue weighted by molar-refractivity contribution is 0.0951. The summed E-state index contributed by atoms with van der Waals surface area (Å²) >= 11 is 1.58. The Labute approximate surface area is 174 Å². The van der Waals surface area contributed by atoms with Crippen LogP contribution in [0, 0.1) is 6.92 Å². The van der Waals surface area contributed by atoms with Crippen molar-refractivity contribution in [1.29, 1.82) is 0 Å².